The fourth-order valence-corrected chi connectivity index (χ4v) is 9.27. The van der Waals surface area contributed by atoms with Crippen molar-refractivity contribution in [2.24, 2.45) is 0 Å². The van der Waals surface area contributed by atoms with E-state index in [1.807, 2.05) is 6.07 Å². The van der Waals surface area contributed by atoms with Crippen molar-refractivity contribution in [1.29, 1.82) is 0 Å². The number of furan rings is 1. The predicted molar refractivity (Wildman–Crippen MR) is 241 cm³/mol. The van der Waals surface area contributed by atoms with E-state index in [2.05, 4.69) is 205 Å². The van der Waals surface area contributed by atoms with E-state index in [1.54, 1.807) is 11.3 Å². The molecule has 0 N–H and O–H groups in total. The van der Waals surface area contributed by atoms with Gasteiger partial charge >= 0.3 is 0 Å². The third-order valence-electron chi connectivity index (χ3n) is 10.9. The molecule has 4 heteroatoms. The molecule has 0 spiro atoms. The molecular weight excluding hydrogens is 713 g/mol. The summed E-state index contributed by atoms with van der Waals surface area (Å²) < 4.78 is 7.67. The van der Waals surface area contributed by atoms with Crippen molar-refractivity contribution < 1.29 is 4.42 Å². The van der Waals surface area contributed by atoms with Gasteiger partial charge in [0, 0.05) is 33.3 Å². The molecule has 0 aliphatic carbocycles. The lowest BCUT2D eigenvalue weighted by atomic mass is 9.96. The molecule has 0 radical (unpaired) electrons. The molecule has 11 aromatic rings. The van der Waals surface area contributed by atoms with E-state index >= 15 is 0 Å². The highest BCUT2D eigenvalue weighted by atomic mass is 32.1. The summed E-state index contributed by atoms with van der Waals surface area (Å²) in [6.45, 7) is 0. The van der Waals surface area contributed by atoms with Crippen molar-refractivity contribution in [2.45, 2.75) is 0 Å². The number of fused-ring (bicyclic) bond motifs is 6. The number of nitrogens with zero attached hydrogens (tertiary/aromatic N) is 2. The minimum Gasteiger partial charge on any atom is -0.456 e. The topological polar surface area (TPSA) is 29.3 Å². The Bertz CT molecular complexity index is 3210. The van der Waals surface area contributed by atoms with E-state index in [-0.39, 0.29) is 0 Å². The average molecular weight is 747 g/mol. The molecule has 0 aliphatic heterocycles. The smallest absolute Gasteiger partial charge is 0.137 e. The van der Waals surface area contributed by atoms with Crippen molar-refractivity contribution in [2.75, 3.05) is 4.90 Å². The van der Waals surface area contributed by atoms with E-state index in [9.17, 15) is 0 Å². The Morgan fingerprint density at radius 1 is 0.421 bits per heavy atom. The Morgan fingerprint density at radius 2 is 1.02 bits per heavy atom. The van der Waals surface area contributed by atoms with Gasteiger partial charge in [-0.15, -0.1) is 11.3 Å². The van der Waals surface area contributed by atoms with Crippen molar-refractivity contribution in [1.82, 2.24) is 4.98 Å². The summed E-state index contributed by atoms with van der Waals surface area (Å²) in [7, 11) is 0. The van der Waals surface area contributed by atoms with Gasteiger partial charge < -0.3 is 9.32 Å². The Kier molecular flexibility index (Phi) is 8.01. The fraction of sp³-hybridized carbons (Fsp3) is 0. The maximum absolute atomic E-state index is 6.51. The first-order valence-corrected chi connectivity index (χ1v) is 20.0. The second-order valence-electron chi connectivity index (χ2n) is 14.3. The second-order valence-corrected chi connectivity index (χ2v) is 15.3. The van der Waals surface area contributed by atoms with E-state index in [0.717, 1.165) is 70.9 Å². The summed E-state index contributed by atoms with van der Waals surface area (Å²) in [6.07, 6.45) is 0. The number of hydrogen-bond donors (Lipinski definition) is 0. The molecule has 0 amide bonds. The molecule has 11 rings (SSSR count). The zero-order valence-electron chi connectivity index (χ0n) is 30.8. The molecule has 9 aromatic carbocycles. The predicted octanol–water partition coefficient (Wildman–Crippen LogP) is 15.5. The van der Waals surface area contributed by atoms with Gasteiger partial charge in [-0.05, 0) is 93.2 Å². The molecular formula is C53H34N2OS. The zero-order valence-corrected chi connectivity index (χ0v) is 31.7. The highest BCUT2D eigenvalue weighted by Gasteiger charge is 2.20. The van der Waals surface area contributed by atoms with Gasteiger partial charge in [-0.1, -0.05) is 152 Å². The SMILES string of the molecule is c1ccc(-c2ccc(N(c3ccc(-c4ccc5c(c4)oc4ccc6nc(-c7ccccc7)sc6c45)cc3)c3ccccc3-c3cccc4ccccc34)cc2)cc1. The Balaban J connectivity index is 1.00. The standard InChI is InChI=1S/C53H34N2OS/c1-3-12-35(13-4-1)36-22-27-41(28-23-36)55(48-21-10-9-19-45(48)44-20-11-17-38-14-7-8-18-43(38)44)42-29-24-37(25-30-42)40-26-31-46-50(34-40)56-49-33-32-47-52(51(46)49)57-53(54-47)39-15-5-2-6-16-39/h1-34H. The summed E-state index contributed by atoms with van der Waals surface area (Å²) in [4.78, 5) is 7.35. The van der Waals surface area contributed by atoms with Crippen LogP contribution in [0.1, 0.15) is 0 Å². The normalized spacial score (nSPS) is 11.5. The van der Waals surface area contributed by atoms with Crippen LogP contribution in [-0.2, 0) is 0 Å². The fourth-order valence-electron chi connectivity index (χ4n) is 8.15. The summed E-state index contributed by atoms with van der Waals surface area (Å²) >= 11 is 1.72. The first kappa shape index (κ1) is 33.1. The summed E-state index contributed by atoms with van der Waals surface area (Å²) in [5.41, 5.74) is 14.1. The summed E-state index contributed by atoms with van der Waals surface area (Å²) in [6, 6.07) is 73.4. The van der Waals surface area contributed by atoms with Crippen LogP contribution in [0.2, 0.25) is 0 Å². The van der Waals surface area contributed by atoms with Gasteiger partial charge in [0.05, 0.1) is 15.9 Å². The molecule has 2 aromatic heterocycles. The Morgan fingerprint density at radius 3 is 1.79 bits per heavy atom. The van der Waals surface area contributed by atoms with E-state index in [1.165, 1.54) is 33.0 Å². The largest absolute Gasteiger partial charge is 0.456 e. The van der Waals surface area contributed by atoms with Gasteiger partial charge in [0.15, 0.2) is 0 Å². The van der Waals surface area contributed by atoms with Crippen LogP contribution in [0.25, 0.3) is 86.9 Å². The maximum Gasteiger partial charge on any atom is 0.137 e. The van der Waals surface area contributed by atoms with Crippen LogP contribution >= 0.6 is 11.3 Å². The maximum atomic E-state index is 6.51. The Hall–Kier alpha value is -7.27. The van der Waals surface area contributed by atoms with Crippen LogP contribution in [0.15, 0.2) is 211 Å². The molecule has 0 atom stereocenters. The number of thiazole rings is 1. The number of benzene rings is 9. The van der Waals surface area contributed by atoms with Gasteiger partial charge in [0.1, 0.15) is 16.2 Å². The van der Waals surface area contributed by atoms with Crippen LogP contribution in [0.3, 0.4) is 0 Å². The number of hydrogen-bond acceptors (Lipinski definition) is 4. The van der Waals surface area contributed by atoms with Crippen LogP contribution in [-0.4, -0.2) is 4.98 Å². The molecule has 2 heterocycles. The van der Waals surface area contributed by atoms with Crippen molar-refractivity contribution in [3.63, 3.8) is 0 Å². The van der Waals surface area contributed by atoms with Crippen LogP contribution in [0.4, 0.5) is 17.1 Å². The van der Waals surface area contributed by atoms with E-state index in [4.69, 9.17) is 9.40 Å². The molecule has 268 valence electrons. The molecule has 0 aliphatic rings. The molecule has 0 saturated heterocycles. The lowest BCUT2D eigenvalue weighted by molar-refractivity contribution is 0.669. The van der Waals surface area contributed by atoms with Gasteiger partial charge in [0.2, 0.25) is 0 Å². The quantitative estimate of drug-likeness (QED) is 0.163. The van der Waals surface area contributed by atoms with Crippen LogP contribution in [0.5, 0.6) is 0 Å². The third-order valence-corrected chi connectivity index (χ3v) is 12.1. The average Bonchev–Trinajstić information content (AvgIpc) is 3.89. The zero-order chi connectivity index (χ0) is 37.7. The first-order chi connectivity index (χ1) is 28.2. The highest BCUT2D eigenvalue weighted by molar-refractivity contribution is 7.22. The van der Waals surface area contributed by atoms with Crippen molar-refractivity contribution >= 4 is 71.3 Å². The lowest BCUT2D eigenvalue weighted by Gasteiger charge is -2.28. The molecule has 57 heavy (non-hydrogen) atoms. The van der Waals surface area contributed by atoms with Crippen LogP contribution in [0, 0.1) is 0 Å². The van der Waals surface area contributed by atoms with Gasteiger partial charge in [0.25, 0.3) is 0 Å². The number of rotatable bonds is 7. The summed E-state index contributed by atoms with van der Waals surface area (Å²) in [5.74, 6) is 0. The first-order valence-electron chi connectivity index (χ1n) is 19.2. The minimum atomic E-state index is 0.873. The van der Waals surface area contributed by atoms with E-state index < -0.39 is 0 Å². The molecule has 3 nitrogen and oxygen atoms in total. The highest BCUT2D eigenvalue weighted by Crippen LogP contribution is 2.44. The van der Waals surface area contributed by atoms with Crippen molar-refractivity contribution in [3.8, 4) is 44.0 Å². The molecule has 0 bridgehead atoms. The number of para-hydroxylation sites is 1. The van der Waals surface area contributed by atoms with Crippen LogP contribution < -0.4 is 4.90 Å². The van der Waals surface area contributed by atoms with E-state index in [0.29, 0.717) is 0 Å². The minimum absolute atomic E-state index is 0.873. The van der Waals surface area contributed by atoms with Gasteiger partial charge in [-0.25, -0.2) is 4.98 Å². The van der Waals surface area contributed by atoms with Crippen molar-refractivity contribution in [3.05, 3.63) is 206 Å². The lowest BCUT2D eigenvalue weighted by Crippen LogP contribution is -2.11. The number of aromatic nitrogens is 1. The molecule has 0 saturated carbocycles. The second kappa shape index (κ2) is 13.8. The van der Waals surface area contributed by atoms with Gasteiger partial charge in [-0.3, -0.25) is 0 Å². The summed E-state index contributed by atoms with van der Waals surface area (Å²) in [5, 5.41) is 5.71. The van der Waals surface area contributed by atoms with Gasteiger partial charge in [-0.2, -0.15) is 0 Å². The monoisotopic (exact) mass is 746 g/mol. The molecule has 0 fully saturated rings. The third kappa shape index (κ3) is 5.86. The number of anilines is 3. The molecule has 0 unspecified atom stereocenters. The Labute approximate surface area is 334 Å².